The van der Waals surface area contributed by atoms with Gasteiger partial charge in [0.05, 0.1) is 20.5 Å². The highest BCUT2D eigenvalue weighted by molar-refractivity contribution is 7.92. The molecule has 1 aliphatic heterocycles. The Balaban J connectivity index is 1.94. The summed E-state index contributed by atoms with van der Waals surface area (Å²) in [7, 11) is -7.54. The van der Waals surface area contributed by atoms with Crippen molar-refractivity contribution in [1.82, 2.24) is 4.31 Å². The van der Waals surface area contributed by atoms with E-state index in [-0.39, 0.29) is 20.5 Å². The molecule has 0 spiro atoms. The van der Waals surface area contributed by atoms with Gasteiger partial charge in [0, 0.05) is 13.1 Å². The van der Waals surface area contributed by atoms with Gasteiger partial charge in [-0.15, -0.1) is 0 Å². The number of nitrogens with zero attached hydrogens (tertiary/aromatic N) is 1. The van der Waals surface area contributed by atoms with Crippen molar-refractivity contribution in [2.75, 3.05) is 17.8 Å². The summed E-state index contributed by atoms with van der Waals surface area (Å²) in [5.74, 6) is 0. The zero-order valence-electron chi connectivity index (χ0n) is 14.1. The van der Waals surface area contributed by atoms with Gasteiger partial charge in [0.2, 0.25) is 10.0 Å². The molecule has 26 heavy (non-hydrogen) atoms. The van der Waals surface area contributed by atoms with Crippen LogP contribution in [-0.2, 0) is 20.0 Å². The van der Waals surface area contributed by atoms with Gasteiger partial charge in [0.1, 0.15) is 0 Å². The monoisotopic (exact) mass is 414 g/mol. The molecule has 0 unspecified atom stereocenters. The third kappa shape index (κ3) is 3.88. The first-order chi connectivity index (χ1) is 12.2. The van der Waals surface area contributed by atoms with Crippen LogP contribution in [0.2, 0.25) is 5.02 Å². The van der Waals surface area contributed by atoms with Crippen molar-refractivity contribution >= 4 is 37.3 Å². The summed E-state index contributed by atoms with van der Waals surface area (Å²) in [4.78, 5) is 0.0948. The van der Waals surface area contributed by atoms with Gasteiger partial charge < -0.3 is 0 Å². The first kappa shape index (κ1) is 19.2. The SMILES string of the molecule is Cc1ccc(S(=O)(=O)Nc2cc(S(=O)(=O)N3CCCC3)ccc2Cl)cc1. The average Bonchev–Trinajstić information content (AvgIpc) is 3.12. The molecule has 1 aliphatic rings. The van der Waals surface area contributed by atoms with E-state index in [2.05, 4.69) is 4.72 Å². The zero-order chi connectivity index (χ0) is 18.9. The Morgan fingerprint density at radius 1 is 0.923 bits per heavy atom. The van der Waals surface area contributed by atoms with Gasteiger partial charge in [-0.25, -0.2) is 16.8 Å². The molecule has 0 aromatic heterocycles. The maximum Gasteiger partial charge on any atom is 0.261 e. The molecule has 0 aliphatic carbocycles. The minimum atomic E-state index is -3.88. The van der Waals surface area contributed by atoms with Crippen LogP contribution >= 0.6 is 11.6 Å². The summed E-state index contributed by atoms with van der Waals surface area (Å²) in [5, 5.41) is 0.126. The van der Waals surface area contributed by atoms with Gasteiger partial charge in [0.25, 0.3) is 10.0 Å². The summed E-state index contributed by atoms with van der Waals surface area (Å²) >= 11 is 6.09. The van der Waals surface area contributed by atoms with Gasteiger partial charge in [-0.3, -0.25) is 4.72 Å². The molecule has 0 bridgehead atoms. The first-order valence-corrected chi connectivity index (χ1v) is 11.4. The van der Waals surface area contributed by atoms with Crippen molar-refractivity contribution in [1.29, 1.82) is 0 Å². The van der Waals surface area contributed by atoms with E-state index in [9.17, 15) is 16.8 Å². The third-order valence-corrected chi connectivity index (χ3v) is 7.82. The molecule has 1 N–H and O–H groups in total. The summed E-state index contributed by atoms with van der Waals surface area (Å²) in [5.41, 5.74) is 0.966. The minimum absolute atomic E-state index is 0.0189. The second-order valence-electron chi connectivity index (χ2n) is 6.17. The van der Waals surface area contributed by atoms with Gasteiger partial charge in [0.15, 0.2) is 0 Å². The van der Waals surface area contributed by atoms with Crippen molar-refractivity contribution in [2.24, 2.45) is 0 Å². The van der Waals surface area contributed by atoms with E-state index in [0.29, 0.717) is 13.1 Å². The predicted molar refractivity (Wildman–Crippen MR) is 101 cm³/mol. The van der Waals surface area contributed by atoms with Crippen LogP contribution < -0.4 is 4.72 Å². The molecule has 0 atom stereocenters. The van der Waals surface area contributed by atoms with E-state index in [1.165, 1.54) is 34.6 Å². The van der Waals surface area contributed by atoms with Crippen LogP contribution in [0.15, 0.2) is 52.3 Å². The molecule has 9 heteroatoms. The van der Waals surface area contributed by atoms with Crippen molar-refractivity contribution < 1.29 is 16.8 Å². The van der Waals surface area contributed by atoms with E-state index >= 15 is 0 Å². The van der Waals surface area contributed by atoms with Crippen LogP contribution in [0.4, 0.5) is 5.69 Å². The molecular weight excluding hydrogens is 396 g/mol. The van der Waals surface area contributed by atoms with Crippen LogP contribution in [0.25, 0.3) is 0 Å². The van der Waals surface area contributed by atoms with Gasteiger partial charge in [-0.05, 0) is 50.1 Å². The van der Waals surface area contributed by atoms with E-state index < -0.39 is 20.0 Å². The summed E-state index contributed by atoms with van der Waals surface area (Å²) in [6.45, 7) is 2.79. The Kier molecular flexibility index (Phi) is 5.30. The number of aryl methyl sites for hydroxylation is 1. The van der Waals surface area contributed by atoms with Crippen molar-refractivity contribution in [3.05, 3.63) is 53.1 Å². The number of sulfonamides is 2. The lowest BCUT2D eigenvalue weighted by atomic mass is 10.2. The topological polar surface area (TPSA) is 83.5 Å². The fraction of sp³-hybridized carbons (Fsp3) is 0.294. The van der Waals surface area contributed by atoms with E-state index in [1.54, 1.807) is 12.1 Å². The maximum absolute atomic E-state index is 12.7. The second-order valence-corrected chi connectivity index (χ2v) is 10.2. The smallest absolute Gasteiger partial charge is 0.261 e. The molecular formula is C17H19ClN2O4S2. The van der Waals surface area contributed by atoms with Crippen LogP contribution in [0, 0.1) is 6.92 Å². The Morgan fingerprint density at radius 3 is 2.12 bits per heavy atom. The Labute approximate surface area is 158 Å². The molecule has 0 saturated carbocycles. The van der Waals surface area contributed by atoms with Gasteiger partial charge in [-0.2, -0.15) is 4.31 Å². The highest BCUT2D eigenvalue weighted by Gasteiger charge is 2.28. The summed E-state index contributed by atoms with van der Waals surface area (Å²) in [6.07, 6.45) is 1.64. The van der Waals surface area contributed by atoms with Gasteiger partial charge >= 0.3 is 0 Å². The van der Waals surface area contributed by atoms with E-state index in [0.717, 1.165) is 18.4 Å². The standard InChI is InChI=1S/C17H19ClN2O4S2/c1-13-4-6-14(7-5-13)25(21,22)19-17-12-15(8-9-16(17)18)26(23,24)20-10-2-3-11-20/h4-9,12,19H,2-3,10-11H2,1H3. The molecule has 1 fully saturated rings. The lowest BCUT2D eigenvalue weighted by Crippen LogP contribution is -2.28. The second kappa shape index (κ2) is 7.19. The third-order valence-electron chi connectivity index (χ3n) is 4.22. The molecule has 0 amide bonds. The number of hydrogen-bond acceptors (Lipinski definition) is 4. The number of halogens is 1. The van der Waals surface area contributed by atoms with E-state index in [1.807, 2.05) is 6.92 Å². The normalized spacial score (nSPS) is 15.9. The predicted octanol–water partition coefficient (Wildman–Crippen LogP) is 3.23. The van der Waals surface area contributed by atoms with Crippen molar-refractivity contribution in [2.45, 2.75) is 29.6 Å². The zero-order valence-corrected chi connectivity index (χ0v) is 16.5. The number of benzene rings is 2. The van der Waals surface area contributed by atoms with Crippen LogP contribution in [0.1, 0.15) is 18.4 Å². The number of nitrogens with one attached hydrogen (secondary N) is 1. The molecule has 2 aromatic rings. The molecule has 1 heterocycles. The minimum Gasteiger partial charge on any atom is -0.278 e. The summed E-state index contributed by atoms with van der Waals surface area (Å²) in [6, 6.07) is 10.4. The van der Waals surface area contributed by atoms with E-state index in [4.69, 9.17) is 11.6 Å². The Bertz CT molecular complexity index is 1010. The molecule has 0 radical (unpaired) electrons. The fourth-order valence-corrected chi connectivity index (χ4v) is 5.58. The fourth-order valence-electron chi connectivity index (χ4n) is 2.74. The lowest BCUT2D eigenvalue weighted by molar-refractivity contribution is 0.477. The first-order valence-electron chi connectivity index (χ1n) is 8.09. The molecule has 3 rings (SSSR count). The maximum atomic E-state index is 12.7. The van der Waals surface area contributed by atoms with Crippen LogP contribution in [0.5, 0.6) is 0 Å². The summed E-state index contributed by atoms with van der Waals surface area (Å²) < 4.78 is 54.2. The molecule has 2 aromatic carbocycles. The Hall–Kier alpha value is -1.61. The highest BCUT2D eigenvalue weighted by atomic mass is 35.5. The lowest BCUT2D eigenvalue weighted by Gasteiger charge is -2.17. The Morgan fingerprint density at radius 2 is 1.50 bits per heavy atom. The average molecular weight is 415 g/mol. The van der Waals surface area contributed by atoms with Crippen molar-refractivity contribution in [3.63, 3.8) is 0 Å². The number of rotatable bonds is 5. The number of hydrogen-bond donors (Lipinski definition) is 1. The largest absolute Gasteiger partial charge is 0.278 e. The van der Waals surface area contributed by atoms with Crippen molar-refractivity contribution in [3.8, 4) is 0 Å². The molecule has 1 saturated heterocycles. The molecule has 6 nitrogen and oxygen atoms in total. The number of anilines is 1. The quantitative estimate of drug-likeness (QED) is 0.814. The molecule has 140 valence electrons. The van der Waals surface area contributed by atoms with Crippen LogP contribution in [-0.4, -0.2) is 34.2 Å². The van der Waals surface area contributed by atoms with Gasteiger partial charge in [-0.1, -0.05) is 29.3 Å². The van der Waals surface area contributed by atoms with Crippen LogP contribution in [0.3, 0.4) is 0 Å². The highest BCUT2D eigenvalue weighted by Crippen LogP contribution is 2.30.